The van der Waals surface area contributed by atoms with Gasteiger partial charge in [-0.2, -0.15) is 0 Å². The number of hydrogen-bond donors (Lipinski definition) is 0. The van der Waals surface area contributed by atoms with E-state index in [9.17, 15) is 14.4 Å². The Labute approximate surface area is 418 Å². The average Bonchev–Trinajstić information content (AvgIpc) is 3.34. The maximum Gasteiger partial charge on any atom is 0.306 e. The van der Waals surface area contributed by atoms with Gasteiger partial charge < -0.3 is 14.2 Å². The molecule has 0 bridgehead atoms. The van der Waals surface area contributed by atoms with E-state index in [0.29, 0.717) is 19.3 Å². The zero-order valence-corrected chi connectivity index (χ0v) is 43.8. The second-order valence-corrected chi connectivity index (χ2v) is 17.8. The number of hydrogen-bond acceptors (Lipinski definition) is 6. The first-order chi connectivity index (χ1) is 33.5. The number of rotatable bonds is 48. The van der Waals surface area contributed by atoms with Crippen LogP contribution in [0.25, 0.3) is 0 Å². The van der Waals surface area contributed by atoms with E-state index in [2.05, 4.69) is 142 Å². The fourth-order valence-electron chi connectivity index (χ4n) is 7.07. The molecule has 0 rings (SSSR count). The van der Waals surface area contributed by atoms with Gasteiger partial charge in [0.1, 0.15) is 13.2 Å². The van der Waals surface area contributed by atoms with Crippen LogP contribution in [0.3, 0.4) is 0 Å². The molecule has 384 valence electrons. The van der Waals surface area contributed by atoms with Gasteiger partial charge >= 0.3 is 17.9 Å². The lowest BCUT2D eigenvalue weighted by atomic mass is 10.1. The highest BCUT2D eigenvalue weighted by Crippen LogP contribution is 2.12. The number of allylic oxidation sites excluding steroid dienone is 20. The monoisotopic (exact) mass is 941 g/mol. The van der Waals surface area contributed by atoms with Gasteiger partial charge in [0.05, 0.1) is 0 Å². The Kier molecular flexibility index (Phi) is 52.0. The van der Waals surface area contributed by atoms with Crippen molar-refractivity contribution in [2.24, 2.45) is 0 Å². The van der Waals surface area contributed by atoms with Crippen LogP contribution in [-0.4, -0.2) is 37.2 Å². The third-order valence-electron chi connectivity index (χ3n) is 11.2. The van der Waals surface area contributed by atoms with E-state index in [1.165, 1.54) is 89.9 Å². The van der Waals surface area contributed by atoms with Crippen molar-refractivity contribution in [2.45, 2.75) is 239 Å². The van der Waals surface area contributed by atoms with Crippen molar-refractivity contribution in [2.75, 3.05) is 13.2 Å². The molecule has 0 fully saturated rings. The summed E-state index contributed by atoms with van der Waals surface area (Å²) in [5.74, 6) is -1.07. The minimum absolute atomic E-state index is 0.133. The fourth-order valence-corrected chi connectivity index (χ4v) is 7.07. The lowest BCUT2D eigenvalue weighted by Gasteiger charge is -2.18. The Bertz CT molecular complexity index is 1450. The molecule has 0 aromatic rings. The summed E-state index contributed by atoms with van der Waals surface area (Å²) in [6, 6.07) is 0. The molecule has 6 nitrogen and oxygen atoms in total. The zero-order valence-electron chi connectivity index (χ0n) is 43.8. The van der Waals surface area contributed by atoms with Gasteiger partial charge in [-0.05, 0) is 116 Å². The Morgan fingerprint density at radius 2 is 0.632 bits per heavy atom. The third-order valence-corrected chi connectivity index (χ3v) is 11.2. The van der Waals surface area contributed by atoms with E-state index < -0.39 is 6.10 Å². The van der Waals surface area contributed by atoms with Gasteiger partial charge in [-0.15, -0.1) is 0 Å². The summed E-state index contributed by atoms with van der Waals surface area (Å²) in [7, 11) is 0. The summed E-state index contributed by atoms with van der Waals surface area (Å²) in [6.45, 7) is 6.39. The summed E-state index contributed by atoms with van der Waals surface area (Å²) < 4.78 is 16.7. The summed E-state index contributed by atoms with van der Waals surface area (Å²) >= 11 is 0. The van der Waals surface area contributed by atoms with E-state index in [1.807, 2.05) is 0 Å². The molecule has 0 amide bonds. The minimum Gasteiger partial charge on any atom is -0.462 e. The molecule has 0 spiro atoms. The van der Waals surface area contributed by atoms with Crippen LogP contribution in [0.15, 0.2) is 122 Å². The van der Waals surface area contributed by atoms with Crippen molar-refractivity contribution in [3.63, 3.8) is 0 Å². The van der Waals surface area contributed by atoms with Crippen molar-refractivity contribution >= 4 is 17.9 Å². The van der Waals surface area contributed by atoms with Crippen molar-refractivity contribution in [3.05, 3.63) is 122 Å². The quantitative estimate of drug-likeness (QED) is 0.0199. The largest absolute Gasteiger partial charge is 0.462 e. The molecule has 1 atom stereocenters. The second kappa shape index (κ2) is 55.4. The zero-order chi connectivity index (χ0) is 49.3. The molecule has 0 saturated carbocycles. The molecule has 0 aliphatic rings. The SMILES string of the molecule is CC/C=C\C/C=C\C/C=C\C/C=C\C/C=C\CCCC(=O)OCC(COC(=O)CCCCC/C=C\C=C/CCCCCCCCC)OC(=O)CCC/C=C\C/C=C\C/C=C\CCCCCCCC. The van der Waals surface area contributed by atoms with Crippen molar-refractivity contribution in [1.82, 2.24) is 0 Å². The Balaban J connectivity index is 4.62. The van der Waals surface area contributed by atoms with Gasteiger partial charge in [0, 0.05) is 19.3 Å². The number of ether oxygens (including phenoxy) is 3. The van der Waals surface area contributed by atoms with E-state index in [4.69, 9.17) is 14.2 Å². The van der Waals surface area contributed by atoms with Crippen molar-refractivity contribution < 1.29 is 28.6 Å². The number of carbonyl (C=O) groups excluding carboxylic acids is 3. The van der Waals surface area contributed by atoms with Gasteiger partial charge in [-0.25, -0.2) is 0 Å². The van der Waals surface area contributed by atoms with Crippen molar-refractivity contribution in [3.8, 4) is 0 Å². The first kappa shape index (κ1) is 63.8. The highest BCUT2D eigenvalue weighted by Gasteiger charge is 2.19. The molecule has 0 saturated heterocycles. The van der Waals surface area contributed by atoms with Crippen LogP contribution in [0.1, 0.15) is 233 Å². The average molecular weight is 941 g/mol. The molecule has 0 aromatic heterocycles. The minimum atomic E-state index is -0.842. The number of esters is 3. The van der Waals surface area contributed by atoms with Gasteiger partial charge in [0.25, 0.3) is 0 Å². The molecule has 0 aliphatic carbocycles. The Morgan fingerprint density at radius 1 is 0.324 bits per heavy atom. The van der Waals surface area contributed by atoms with Gasteiger partial charge in [0.2, 0.25) is 0 Å². The summed E-state index contributed by atoms with van der Waals surface area (Å²) in [4.78, 5) is 38.0. The smallest absolute Gasteiger partial charge is 0.306 e. The standard InChI is InChI=1S/C62H100O6/c1-4-7-10-13-16-19-22-25-28-31-34-37-40-43-46-49-52-55-61(64)67-58-59(57-66-60(63)54-51-48-45-42-39-36-33-30-27-24-21-18-15-12-9-6-3)68-62(65)56-53-50-47-44-41-38-35-32-29-26-23-20-17-14-11-8-5-2/h7,10,16,19,25-26,28-30,33-39,43-44,46-47,59H,4-6,8-9,11-15,17-18,20-24,27,31-32,40-42,45,48-58H2,1-3H3/b10-7-,19-16-,28-25-,29-26-,33-30-,37-34-,38-35-,39-36-,46-43-,47-44-. The van der Waals surface area contributed by atoms with E-state index in [0.717, 1.165) is 89.9 Å². The molecule has 6 heteroatoms. The molecular formula is C62H100O6. The second-order valence-electron chi connectivity index (χ2n) is 17.8. The lowest BCUT2D eigenvalue weighted by Crippen LogP contribution is -2.30. The van der Waals surface area contributed by atoms with Crippen LogP contribution < -0.4 is 0 Å². The highest BCUT2D eigenvalue weighted by molar-refractivity contribution is 5.71. The molecule has 0 N–H and O–H groups in total. The molecule has 0 aromatic carbocycles. The van der Waals surface area contributed by atoms with Crippen LogP contribution in [0, 0.1) is 0 Å². The van der Waals surface area contributed by atoms with Gasteiger partial charge in [-0.1, -0.05) is 219 Å². The first-order valence-corrected chi connectivity index (χ1v) is 27.6. The lowest BCUT2D eigenvalue weighted by molar-refractivity contribution is -0.167. The molecule has 0 radical (unpaired) electrons. The van der Waals surface area contributed by atoms with Crippen LogP contribution in [0.2, 0.25) is 0 Å². The predicted octanol–water partition coefficient (Wildman–Crippen LogP) is 18.5. The Morgan fingerprint density at radius 3 is 1.04 bits per heavy atom. The van der Waals surface area contributed by atoms with E-state index >= 15 is 0 Å². The molecular weight excluding hydrogens is 841 g/mol. The summed E-state index contributed by atoms with van der Waals surface area (Å²) in [5, 5.41) is 0. The fraction of sp³-hybridized carbons (Fsp3) is 0.629. The molecule has 0 heterocycles. The number of carbonyl (C=O) groups is 3. The molecule has 1 unspecified atom stereocenters. The molecule has 0 aliphatic heterocycles. The van der Waals surface area contributed by atoms with Crippen LogP contribution in [0.4, 0.5) is 0 Å². The highest BCUT2D eigenvalue weighted by atomic mass is 16.6. The summed E-state index contributed by atoms with van der Waals surface area (Å²) in [6.07, 6.45) is 76.3. The van der Waals surface area contributed by atoms with Gasteiger partial charge in [-0.3, -0.25) is 14.4 Å². The van der Waals surface area contributed by atoms with Gasteiger partial charge in [0.15, 0.2) is 6.10 Å². The van der Waals surface area contributed by atoms with E-state index in [-0.39, 0.29) is 44.0 Å². The predicted molar refractivity (Wildman–Crippen MR) is 293 cm³/mol. The van der Waals surface area contributed by atoms with Crippen molar-refractivity contribution in [1.29, 1.82) is 0 Å². The van der Waals surface area contributed by atoms with E-state index in [1.54, 1.807) is 0 Å². The molecule has 68 heavy (non-hydrogen) atoms. The Hall–Kier alpha value is -4.19. The number of unbranched alkanes of at least 4 members (excludes halogenated alkanes) is 18. The van der Waals surface area contributed by atoms with Crippen LogP contribution in [0.5, 0.6) is 0 Å². The summed E-state index contributed by atoms with van der Waals surface area (Å²) in [5.41, 5.74) is 0. The maximum atomic E-state index is 12.8. The maximum absolute atomic E-state index is 12.8. The normalized spacial score (nSPS) is 13.0. The van der Waals surface area contributed by atoms with Crippen LogP contribution >= 0.6 is 0 Å². The first-order valence-electron chi connectivity index (χ1n) is 27.6. The van der Waals surface area contributed by atoms with Crippen LogP contribution in [-0.2, 0) is 28.6 Å². The third kappa shape index (κ3) is 52.8. The topological polar surface area (TPSA) is 78.9 Å².